The third kappa shape index (κ3) is 3.03. The van der Waals surface area contributed by atoms with E-state index in [0.29, 0.717) is 4.83 Å². The van der Waals surface area contributed by atoms with Gasteiger partial charge in [-0.25, -0.2) is 0 Å². The summed E-state index contributed by atoms with van der Waals surface area (Å²) in [6.07, 6.45) is 1.08. The molecule has 1 nitrogen and oxygen atoms in total. The molecule has 13 heavy (non-hydrogen) atoms. The maximum Gasteiger partial charge on any atom is 0.0393 e. The Balaban J connectivity index is 2.91. The number of anilines is 1. The SMILES string of the molecule is CC(Br)Cc1ccccc1N(C)C. The second-order valence-corrected chi connectivity index (χ2v) is 5.07. The third-order valence-corrected chi connectivity index (χ3v) is 2.30. The molecule has 1 atom stereocenters. The second kappa shape index (κ2) is 4.66. The molecule has 0 aliphatic carbocycles. The van der Waals surface area contributed by atoms with Crippen LogP contribution in [0.15, 0.2) is 24.3 Å². The summed E-state index contributed by atoms with van der Waals surface area (Å²) in [6.45, 7) is 2.17. The van der Waals surface area contributed by atoms with Gasteiger partial charge in [0.15, 0.2) is 0 Å². The highest BCUT2D eigenvalue weighted by Gasteiger charge is 2.05. The first kappa shape index (κ1) is 10.6. The number of hydrogen-bond acceptors (Lipinski definition) is 1. The molecule has 0 heterocycles. The molecule has 0 fully saturated rings. The van der Waals surface area contributed by atoms with Crippen molar-refractivity contribution >= 4 is 21.6 Å². The lowest BCUT2D eigenvalue weighted by atomic mass is 10.1. The summed E-state index contributed by atoms with van der Waals surface area (Å²) >= 11 is 3.58. The Morgan fingerprint density at radius 1 is 1.31 bits per heavy atom. The molecule has 0 aromatic heterocycles. The molecule has 0 amide bonds. The Bertz CT molecular complexity index is 269. The van der Waals surface area contributed by atoms with E-state index in [1.54, 1.807) is 0 Å². The molecule has 0 aliphatic rings. The quantitative estimate of drug-likeness (QED) is 0.736. The first-order valence-corrected chi connectivity index (χ1v) is 5.42. The summed E-state index contributed by atoms with van der Waals surface area (Å²) in [5.41, 5.74) is 2.71. The highest BCUT2D eigenvalue weighted by molar-refractivity contribution is 9.09. The van der Waals surface area contributed by atoms with Gasteiger partial charge in [0.2, 0.25) is 0 Å². The molecule has 2 heteroatoms. The lowest BCUT2D eigenvalue weighted by molar-refractivity contribution is 0.946. The van der Waals surface area contributed by atoms with Crippen LogP contribution in [0.2, 0.25) is 0 Å². The zero-order chi connectivity index (χ0) is 9.84. The summed E-state index contributed by atoms with van der Waals surface area (Å²) < 4.78 is 0. The van der Waals surface area contributed by atoms with Gasteiger partial charge in [-0.15, -0.1) is 0 Å². The van der Waals surface area contributed by atoms with E-state index >= 15 is 0 Å². The Morgan fingerprint density at radius 3 is 2.46 bits per heavy atom. The van der Waals surface area contributed by atoms with Crippen molar-refractivity contribution in [1.82, 2.24) is 0 Å². The van der Waals surface area contributed by atoms with Crippen LogP contribution in [0.3, 0.4) is 0 Å². The Morgan fingerprint density at radius 2 is 1.92 bits per heavy atom. The first-order chi connectivity index (χ1) is 6.11. The minimum absolute atomic E-state index is 0.536. The van der Waals surface area contributed by atoms with Crippen molar-refractivity contribution in [2.45, 2.75) is 18.2 Å². The smallest absolute Gasteiger partial charge is 0.0393 e. The van der Waals surface area contributed by atoms with Crippen molar-refractivity contribution in [3.63, 3.8) is 0 Å². The average molecular weight is 242 g/mol. The van der Waals surface area contributed by atoms with Gasteiger partial charge in [0.05, 0.1) is 0 Å². The summed E-state index contributed by atoms with van der Waals surface area (Å²) in [5, 5.41) is 0. The van der Waals surface area contributed by atoms with E-state index in [4.69, 9.17) is 0 Å². The minimum atomic E-state index is 0.536. The number of para-hydroxylation sites is 1. The van der Waals surface area contributed by atoms with Gasteiger partial charge in [-0.05, 0) is 18.1 Å². The van der Waals surface area contributed by atoms with E-state index in [0.717, 1.165) is 6.42 Å². The summed E-state index contributed by atoms with van der Waals surface area (Å²) in [6, 6.07) is 8.52. The van der Waals surface area contributed by atoms with E-state index in [1.807, 2.05) is 0 Å². The van der Waals surface area contributed by atoms with Crippen LogP contribution < -0.4 is 4.90 Å². The van der Waals surface area contributed by atoms with Gasteiger partial charge in [-0.3, -0.25) is 0 Å². The van der Waals surface area contributed by atoms with E-state index in [2.05, 4.69) is 66.1 Å². The molecule has 1 rings (SSSR count). The fraction of sp³-hybridized carbons (Fsp3) is 0.455. The van der Waals surface area contributed by atoms with Crippen LogP contribution in [0, 0.1) is 0 Å². The molecule has 0 spiro atoms. The summed E-state index contributed by atoms with van der Waals surface area (Å²) in [5.74, 6) is 0. The number of hydrogen-bond donors (Lipinski definition) is 0. The molecule has 1 aromatic rings. The van der Waals surface area contributed by atoms with E-state index in [1.165, 1.54) is 11.3 Å². The van der Waals surface area contributed by atoms with Crippen molar-refractivity contribution < 1.29 is 0 Å². The van der Waals surface area contributed by atoms with Crippen LogP contribution >= 0.6 is 15.9 Å². The fourth-order valence-electron chi connectivity index (χ4n) is 1.42. The van der Waals surface area contributed by atoms with Crippen molar-refractivity contribution in [2.75, 3.05) is 19.0 Å². The Kier molecular flexibility index (Phi) is 3.79. The van der Waals surface area contributed by atoms with Gasteiger partial charge in [-0.2, -0.15) is 0 Å². The van der Waals surface area contributed by atoms with Gasteiger partial charge in [-0.1, -0.05) is 41.1 Å². The highest BCUT2D eigenvalue weighted by Crippen LogP contribution is 2.21. The van der Waals surface area contributed by atoms with Crippen LogP contribution in [0.5, 0.6) is 0 Å². The van der Waals surface area contributed by atoms with Gasteiger partial charge in [0, 0.05) is 24.6 Å². The fourth-order valence-corrected chi connectivity index (χ4v) is 1.77. The molecule has 1 aromatic carbocycles. The topological polar surface area (TPSA) is 3.24 Å². The molecule has 0 radical (unpaired) electrons. The molecule has 1 unspecified atom stereocenters. The number of halogens is 1. The highest BCUT2D eigenvalue weighted by atomic mass is 79.9. The van der Waals surface area contributed by atoms with E-state index < -0.39 is 0 Å². The van der Waals surface area contributed by atoms with Crippen molar-refractivity contribution in [3.8, 4) is 0 Å². The molecule has 0 aliphatic heterocycles. The van der Waals surface area contributed by atoms with Crippen LogP contribution in [0.4, 0.5) is 5.69 Å². The van der Waals surface area contributed by atoms with Crippen molar-refractivity contribution in [3.05, 3.63) is 29.8 Å². The summed E-state index contributed by atoms with van der Waals surface area (Å²) in [4.78, 5) is 2.69. The van der Waals surface area contributed by atoms with Gasteiger partial charge >= 0.3 is 0 Å². The van der Waals surface area contributed by atoms with Gasteiger partial charge in [0.25, 0.3) is 0 Å². The van der Waals surface area contributed by atoms with Crippen LogP contribution in [-0.4, -0.2) is 18.9 Å². The standard InChI is InChI=1S/C11H16BrN/c1-9(12)8-10-6-4-5-7-11(10)13(2)3/h4-7,9H,8H2,1-3H3. The zero-order valence-corrected chi connectivity index (χ0v) is 10.0. The molecule has 72 valence electrons. The molecule has 0 bridgehead atoms. The lowest BCUT2D eigenvalue weighted by Gasteiger charge is -2.17. The predicted octanol–water partition coefficient (Wildman–Crippen LogP) is 3.08. The average Bonchev–Trinajstić information content (AvgIpc) is 2.03. The van der Waals surface area contributed by atoms with Crippen LogP contribution in [-0.2, 0) is 6.42 Å². The van der Waals surface area contributed by atoms with E-state index in [-0.39, 0.29) is 0 Å². The number of alkyl halides is 1. The minimum Gasteiger partial charge on any atom is -0.377 e. The first-order valence-electron chi connectivity index (χ1n) is 4.50. The van der Waals surface area contributed by atoms with Crippen LogP contribution in [0.1, 0.15) is 12.5 Å². The van der Waals surface area contributed by atoms with E-state index in [9.17, 15) is 0 Å². The Labute approximate surface area is 88.9 Å². The third-order valence-electron chi connectivity index (χ3n) is 1.97. The van der Waals surface area contributed by atoms with Crippen molar-refractivity contribution in [2.24, 2.45) is 0 Å². The predicted molar refractivity (Wildman–Crippen MR) is 62.9 cm³/mol. The maximum absolute atomic E-state index is 3.58. The monoisotopic (exact) mass is 241 g/mol. The van der Waals surface area contributed by atoms with Gasteiger partial charge in [0.1, 0.15) is 0 Å². The normalized spacial score (nSPS) is 12.6. The lowest BCUT2D eigenvalue weighted by Crippen LogP contribution is -2.12. The van der Waals surface area contributed by atoms with Crippen LogP contribution in [0.25, 0.3) is 0 Å². The Hall–Kier alpha value is -0.500. The largest absolute Gasteiger partial charge is 0.377 e. The second-order valence-electron chi connectivity index (χ2n) is 3.51. The molecular formula is C11H16BrN. The molecular weight excluding hydrogens is 226 g/mol. The number of nitrogens with zero attached hydrogens (tertiary/aromatic N) is 1. The number of rotatable bonds is 3. The van der Waals surface area contributed by atoms with Gasteiger partial charge < -0.3 is 4.90 Å². The summed E-state index contributed by atoms with van der Waals surface area (Å²) in [7, 11) is 4.16. The zero-order valence-electron chi connectivity index (χ0n) is 8.42. The number of benzene rings is 1. The molecule has 0 saturated carbocycles. The maximum atomic E-state index is 3.58. The molecule has 0 saturated heterocycles. The molecule has 0 N–H and O–H groups in total. The van der Waals surface area contributed by atoms with Crippen molar-refractivity contribution in [1.29, 1.82) is 0 Å².